The first-order chi connectivity index (χ1) is 8.20. The lowest BCUT2D eigenvalue weighted by Gasteiger charge is -2.07. The molecular formula is C9H12N6O2. The van der Waals surface area contributed by atoms with Crippen LogP contribution >= 0.6 is 0 Å². The Kier molecular flexibility index (Phi) is 3.15. The standard InChI is InChI=1S/C9H12N6O2/c1-5(8-12-14-15-13-8)11-9(16)7-3-2-6(4-10)17-7/h2-3,5H,4,10H2,1H3,(H,11,16)(H,12,13,14,15). The van der Waals surface area contributed by atoms with E-state index in [0.29, 0.717) is 11.6 Å². The summed E-state index contributed by atoms with van der Waals surface area (Å²) in [6.45, 7) is 2.00. The van der Waals surface area contributed by atoms with Gasteiger partial charge in [-0.25, -0.2) is 0 Å². The molecule has 2 rings (SSSR count). The summed E-state index contributed by atoms with van der Waals surface area (Å²) in [6, 6.07) is 2.88. The Balaban J connectivity index is 2.01. The quantitative estimate of drug-likeness (QED) is 0.672. The zero-order valence-corrected chi connectivity index (χ0v) is 9.17. The molecule has 2 aromatic rings. The summed E-state index contributed by atoms with van der Waals surface area (Å²) in [7, 11) is 0. The number of hydrogen-bond acceptors (Lipinski definition) is 6. The molecule has 8 nitrogen and oxygen atoms in total. The van der Waals surface area contributed by atoms with Crippen molar-refractivity contribution in [2.45, 2.75) is 19.5 Å². The maximum Gasteiger partial charge on any atom is 0.287 e. The van der Waals surface area contributed by atoms with E-state index in [0.717, 1.165) is 0 Å². The predicted molar refractivity (Wildman–Crippen MR) is 56.7 cm³/mol. The van der Waals surface area contributed by atoms with Gasteiger partial charge in [0.1, 0.15) is 5.76 Å². The summed E-state index contributed by atoms with van der Waals surface area (Å²) < 4.78 is 5.21. The van der Waals surface area contributed by atoms with Crippen molar-refractivity contribution in [1.29, 1.82) is 0 Å². The lowest BCUT2D eigenvalue weighted by Crippen LogP contribution is -2.27. The lowest BCUT2D eigenvalue weighted by molar-refractivity contribution is 0.0908. The van der Waals surface area contributed by atoms with Crippen LogP contribution in [-0.4, -0.2) is 26.5 Å². The molecule has 2 heterocycles. The summed E-state index contributed by atoms with van der Waals surface area (Å²) in [5.41, 5.74) is 5.38. The molecular weight excluding hydrogens is 224 g/mol. The Morgan fingerprint density at radius 3 is 3.06 bits per heavy atom. The maximum atomic E-state index is 11.7. The van der Waals surface area contributed by atoms with E-state index >= 15 is 0 Å². The third-order valence-electron chi connectivity index (χ3n) is 2.18. The Labute approximate surface area is 96.6 Å². The van der Waals surface area contributed by atoms with Crippen molar-refractivity contribution >= 4 is 5.91 Å². The first-order valence-corrected chi connectivity index (χ1v) is 5.03. The largest absolute Gasteiger partial charge is 0.455 e. The van der Waals surface area contributed by atoms with E-state index in [4.69, 9.17) is 10.2 Å². The second kappa shape index (κ2) is 4.74. The van der Waals surface area contributed by atoms with Gasteiger partial charge in [-0.3, -0.25) is 4.79 Å². The average Bonchev–Trinajstić information content (AvgIpc) is 3.00. The van der Waals surface area contributed by atoms with Gasteiger partial charge in [-0.1, -0.05) is 5.21 Å². The minimum atomic E-state index is -0.354. The number of H-pyrrole nitrogens is 1. The van der Waals surface area contributed by atoms with Crippen LogP contribution in [0.4, 0.5) is 0 Å². The highest BCUT2D eigenvalue weighted by Crippen LogP contribution is 2.10. The van der Waals surface area contributed by atoms with Crippen LogP contribution in [0.1, 0.15) is 35.1 Å². The van der Waals surface area contributed by atoms with E-state index in [9.17, 15) is 4.79 Å². The van der Waals surface area contributed by atoms with Gasteiger partial charge in [-0.15, -0.1) is 10.2 Å². The van der Waals surface area contributed by atoms with E-state index < -0.39 is 0 Å². The van der Waals surface area contributed by atoms with E-state index in [-0.39, 0.29) is 24.3 Å². The van der Waals surface area contributed by atoms with Gasteiger partial charge in [0.05, 0.1) is 12.6 Å². The molecule has 0 aromatic carbocycles. The molecule has 2 aromatic heterocycles. The highest BCUT2D eigenvalue weighted by atomic mass is 16.4. The number of carbonyl (C=O) groups excluding carboxylic acids is 1. The molecule has 4 N–H and O–H groups in total. The zero-order valence-electron chi connectivity index (χ0n) is 9.17. The summed E-state index contributed by atoms with van der Waals surface area (Å²) in [6.07, 6.45) is 0. The van der Waals surface area contributed by atoms with Gasteiger partial charge < -0.3 is 15.5 Å². The number of aromatic amines is 1. The SMILES string of the molecule is CC(NC(=O)c1ccc(CN)o1)c1nn[nH]n1. The Morgan fingerprint density at radius 1 is 1.65 bits per heavy atom. The molecule has 17 heavy (non-hydrogen) atoms. The average molecular weight is 236 g/mol. The van der Waals surface area contributed by atoms with Crippen LogP contribution in [0, 0.1) is 0 Å². The molecule has 0 aliphatic carbocycles. The fourth-order valence-corrected chi connectivity index (χ4v) is 1.29. The summed E-state index contributed by atoms with van der Waals surface area (Å²) in [5, 5.41) is 15.9. The molecule has 0 saturated carbocycles. The number of hydrogen-bond donors (Lipinski definition) is 3. The topological polar surface area (TPSA) is 123 Å². The highest BCUT2D eigenvalue weighted by molar-refractivity contribution is 5.91. The van der Waals surface area contributed by atoms with Crippen LogP contribution in [0.5, 0.6) is 0 Å². The third kappa shape index (κ3) is 2.48. The van der Waals surface area contributed by atoms with E-state index in [1.165, 1.54) is 0 Å². The van der Waals surface area contributed by atoms with Crippen LogP contribution in [0.15, 0.2) is 16.5 Å². The van der Waals surface area contributed by atoms with Crippen LogP contribution in [0.25, 0.3) is 0 Å². The van der Waals surface area contributed by atoms with Crippen molar-refractivity contribution in [3.63, 3.8) is 0 Å². The number of nitrogens with one attached hydrogen (secondary N) is 2. The molecule has 0 fully saturated rings. The Bertz CT molecular complexity index is 491. The van der Waals surface area contributed by atoms with E-state index in [1.54, 1.807) is 19.1 Å². The number of rotatable bonds is 4. The van der Waals surface area contributed by atoms with Crippen molar-refractivity contribution in [2.75, 3.05) is 0 Å². The molecule has 0 radical (unpaired) electrons. The first kappa shape index (κ1) is 11.3. The van der Waals surface area contributed by atoms with Gasteiger partial charge in [-0.05, 0) is 19.1 Å². The summed E-state index contributed by atoms with van der Waals surface area (Å²) >= 11 is 0. The van der Waals surface area contributed by atoms with Crippen LogP contribution in [0.3, 0.4) is 0 Å². The van der Waals surface area contributed by atoms with Crippen LogP contribution < -0.4 is 11.1 Å². The fraction of sp³-hybridized carbons (Fsp3) is 0.333. The minimum absolute atomic E-state index is 0.209. The van der Waals surface area contributed by atoms with Crippen molar-refractivity contribution in [2.24, 2.45) is 5.73 Å². The molecule has 0 bridgehead atoms. The van der Waals surface area contributed by atoms with Crippen molar-refractivity contribution in [3.05, 3.63) is 29.5 Å². The Morgan fingerprint density at radius 2 is 2.47 bits per heavy atom. The predicted octanol–water partition coefficient (Wildman–Crippen LogP) is -0.258. The van der Waals surface area contributed by atoms with Crippen LogP contribution in [-0.2, 0) is 6.54 Å². The number of amides is 1. The van der Waals surface area contributed by atoms with Crippen molar-refractivity contribution < 1.29 is 9.21 Å². The van der Waals surface area contributed by atoms with Gasteiger partial charge >= 0.3 is 0 Å². The second-order valence-corrected chi connectivity index (χ2v) is 3.44. The number of nitrogens with two attached hydrogens (primary N) is 1. The molecule has 0 saturated heterocycles. The number of furan rings is 1. The molecule has 0 aliphatic rings. The second-order valence-electron chi connectivity index (χ2n) is 3.44. The van der Waals surface area contributed by atoms with Crippen molar-refractivity contribution in [1.82, 2.24) is 25.9 Å². The number of tetrazole rings is 1. The number of carbonyl (C=O) groups is 1. The highest BCUT2D eigenvalue weighted by Gasteiger charge is 2.17. The smallest absolute Gasteiger partial charge is 0.287 e. The molecule has 1 unspecified atom stereocenters. The third-order valence-corrected chi connectivity index (χ3v) is 2.18. The van der Waals surface area contributed by atoms with Gasteiger partial charge in [0, 0.05) is 0 Å². The van der Waals surface area contributed by atoms with Crippen molar-refractivity contribution in [3.8, 4) is 0 Å². The molecule has 0 spiro atoms. The Hall–Kier alpha value is -2.22. The number of nitrogens with zero attached hydrogens (tertiary/aromatic N) is 3. The molecule has 1 amide bonds. The normalized spacial score (nSPS) is 12.4. The fourth-order valence-electron chi connectivity index (χ4n) is 1.29. The lowest BCUT2D eigenvalue weighted by atomic mass is 10.3. The van der Waals surface area contributed by atoms with E-state index in [2.05, 4.69) is 25.9 Å². The summed E-state index contributed by atoms with van der Waals surface area (Å²) in [4.78, 5) is 11.7. The zero-order chi connectivity index (χ0) is 12.3. The van der Waals surface area contributed by atoms with Gasteiger partial charge in [0.25, 0.3) is 5.91 Å². The molecule has 90 valence electrons. The van der Waals surface area contributed by atoms with Gasteiger partial charge in [0.15, 0.2) is 11.6 Å². The number of aromatic nitrogens is 4. The van der Waals surface area contributed by atoms with Gasteiger partial charge in [-0.2, -0.15) is 5.21 Å². The van der Waals surface area contributed by atoms with Crippen LogP contribution in [0.2, 0.25) is 0 Å². The monoisotopic (exact) mass is 236 g/mol. The minimum Gasteiger partial charge on any atom is -0.455 e. The molecule has 8 heteroatoms. The molecule has 0 aliphatic heterocycles. The summed E-state index contributed by atoms with van der Waals surface area (Å²) in [5.74, 6) is 0.828. The van der Waals surface area contributed by atoms with E-state index in [1.807, 2.05) is 0 Å². The molecule has 1 atom stereocenters. The first-order valence-electron chi connectivity index (χ1n) is 5.03. The van der Waals surface area contributed by atoms with Gasteiger partial charge in [0.2, 0.25) is 0 Å². The maximum absolute atomic E-state index is 11.7.